The Morgan fingerprint density at radius 2 is 2.14 bits per heavy atom. The van der Waals surface area contributed by atoms with Crippen LogP contribution in [0.2, 0.25) is 0 Å². The molecule has 1 atom stereocenters. The number of nitro groups is 1. The molecule has 2 aromatic carbocycles. The molecule has 0 saturated heterocycles. The maximum absolute atomic E-state index is 13.9. The van der Waals surface area contributed by atoms with E-state index in [1.807, 2.05) is 6.92 Å². The molecule has 1 amide bonds. The number of aliphatic hydroxyl groups excluding tert-OH is 1. The van der Waals surface area contributed by atoms with Gasteiger partial charge in [0.25, 0.3) is 11.6 Å². The number of ether oxygens (including phenoxy) is 1. The van der Waals surface area contributed by atoms with Crippen molar-refractivity contribution in [1.82, 2.24) is 0 Å². The molecule has 0 saturated carbocycles. The highest BCUT2D eigenvalue weighted by Crippen LogP contribution is 2.37. The van der Waals surface area contributed by atoms with Gasteiger partial charge in [-0.15, -0.1) is 0 Å². The predicted molar refractivity (Wildman–Crippen MR) is 106 cm³/mol. The SMILES string of the molecule is CCc1cc([N+](=O)[O-])ccc1C(=O)N1CCCC(OCCO)c2cc(F)ccc21. The number of non-ortho nitro benzene ring substituents is 1. The van der Waals surface area contributed by atoms with Crippen LogP contribution in [0.5, 0.6) is 0 Å². The fourth-order valence-corrected chi connectivity index (χ4v) is 3.66. The first-order valence-corrected chi connectivity index (χ1v) is 9.57. The van der Waals surface area contributed by atoms with Crippen LogP contribution in [0.15, 0.2) is 36.4 Å². The van der Waals surface area contributed by atoms with E-state index in [0.717, 1.165) is 0 Å². The monoisotopic (exact) mass is 402 g/mol. The smallest absolute Gasteiger partial charge is 0.269 e. The quantitative estimate of drug-likeness (QED) is 0.586. The first-order chi connectivity index (χ1) is 14.0. The molecular formula is C21H23FN2O5. The first-order valence-electron chi connectivity index (χ1n) is 9.57. The van der Waals surface area contributed by atoms with Gasteiger partial charge in [-0.25, -0.2) is 4.39 Å². The fraction of sp³-hybridized carbons (Fsp3) is 0.381. The van der Waals surface area contributed by atoms with Gasteiger partial charge < -0.3 is 14.7 Å². The number of carbonyl (C=O) groups is 1. The minimum absolute atomic E-state index is 0.0609. The third-order valence-electron chi connectivity index (χ3n) is 5.04. The number of halogens is 1. The molecule has 0 bridgehead atoms. The molecule has 154 valence electrons. The van der Waals surface area contributed by atoms with E-state index in [4.69, 9.17) is 9.84 Å². The second kappa shape index (κ2) is 9.11. The Labute approximate surface area is 167 Å². The van der Waals surface area contributed by atoms with E-state index in [0.29, 0.717) is 48.2 Å². The molecule has 1 N–H and O–H groups in total. The lowest BCUT2D eigenvalue weighted by Gasteiger charge is -2.25. The van der Waals surface area contributed by atoms with Gasteiger partial charge in [0.1, 0.15) is 5.82 Å². The summed E-state index contributed by atoms with van der Waals surface area (Å²) in [7, 11) is 0. The maximum Gasteiger partial charge on any atom is 0.269 e. The summed E-state index contributed by atoms with van der Waals surface area (Å²) in [5.41, 5.74) is 2.03. The summed E-state index contributed by atoms with van der Waals surface area (Å²) in [5, 5.41) is 20.1. The topological polar surface area (TPSA) is 92.9 Å². The Kier molecular flexibility index (Phi) is 6.56. The van der Waals surface area contributed by atoms with Gasteiger partial charge in [0, 0.05) is 35.5 Å². The predicted octanol–water partition coefficient (Wildman–Crippen LogP) is 3.79. The fourth-order valence-electron chi connectivity index (χ4n) is 3.66. The van der Waals surface area contributed by atoms with Gasteiger partial charge in [0.2, 0.25) is 0 Å². The number of nitro benzene ring substituents is 1. The Hall–Kier alpha value is -2.84. The molecule has 1 unspecified atom stereocenters. The summed E-state index contributed by atoms with van der Waals surface area (Å²) in [5.74, 6) is -0.715. The molecule has 1 aliphatic heterocycles. The van der Waals surface area contributed by atoms with Gasteiger partial charge in [-0.2, -0.15) is 0 Å². The van der Waals surface area contributed by atoms with Gasteiger partial charge >= 0.3 is 0 Å². The normalized spacial score (nSPS) is 16.2. The highest BCUT2D eigenvalue weighted by atomic mass is 19.1. The molecule has 0 spiro atoms. The van der Waals surface area contributed by atoms with Crippen LogP contribution in [0.3, 0.4) is 0 Å². The van der Waals surface area contributed by atoms with Crippen LogP contribution < -0.4 is 4.90 Å². The average molecular weight is 402 g/mol. The second-order valence-corrected chi connectivity index (χ2v) is 6.84. The van der Waals surface area contributed by atoms with Crippen molar-refractivity contribution in [3.8, 4) is 0 Å². The van der Waals surface area contributed by atoms with Gasteiger partial charge in [-0.1, -0.05) is 6.92 Å². The number of aliphatic hydroxyl groups is 1. The van der Waals surface area contributed by atoms with E-state index < -0.39 is 16.8 Å². The summed E-state index contributed by atoms with van der Waals surface area (Å²) < 4.78 is 19.6. The zero-order valence-electron chi connectivity index (χ0n) is 16.1. The highest BCUT2D eigenvalue weighted by Gasteiger charge is 2.29. The number of hydrogen-bond acceptors (Lipinski definition) is 5. The van der Waals surface area contributed by atoms with Crippen LogP contribution in [0.25, 0.3) is 0 Å². The molecule has 3 rings (SSSR count). The molecule has 0 radical (unpaired) electrons. The summed E-state index contributed by atoms with van der Waals surface area (Å²) in [6.45, 7) is 2.22. The molecule has 0 aliphatic carbocycles. The van der Waals surface area contributed by atoms with Crippen molar-refractivity contribution < 1.29 is 24.0 Å². The van der Waals surface area contributed by atoms with E-state index in [9.17, 15) is 19.3 Å². The van der Waals surface area contributed by atoms with E-state index in [1.165, 1.54) is 30.3 Å². The molecule has 0 aromatic heterocycles. The number of aryl methyl sites for hydroxylation is 1. The molecule has 7 nitrogen and oxygen atoms in total. The number of benzene rings is 2. The molecule has 1 heterocycles. The van der Waals surface area contributed by atoms with Gasteiger partial charge in [-0.05, 0) is 49.1 Å². The summed E-state index contributed by atoms with van der Waals surface area (Å²) in [6.07, 6.45) is 1.26. The second-order valence-electron chi connectivity index (χ2n) is 6.84. The minimum atomic E-state index is -0.486. The Morgan fingerprint density at radius 3 is 2.83 bits per heavy atom. The van der Waals surface area contributed by atoms with E-state index in [2.05, 4.69) is 0 Å². The number of anilines is 1. The zero-order valence-corrected chi connectivity index (χ0v) is 16.1. The van der Waals surface area contributed by atoms with E-state index in [1.54, 1.807) is 11.0 Å². The number of carbonyl (C=O) groups excluding carboxylic acids is 1. The van der Waals surface area contributed by atoms with Crippen LogP contribution in [-0.4, -0.2) is 35.7 Å². The number of fused-ring (bicyclic) bond motifs is 1. The third kappa shape index (κ3) is 4.44. The van der Waals surface area contributed by atoms with E-state index >= 15 is 0 Å². The minimum Gasteiger partial charge on any atom is -0.394 e. The number of nitrogens with zero attached hydrogens (tertiary/aromatic N) is 2. The molecular weight excluding hydrogens is 379 g/mol. The number of hydrogen-bond donors (Lipinski definition) is 1. The summed E-state index contributed by atoms with van der Waals surface area (Å²) in [4.78, 5) is 25.5. The highest BCUT2D eigenvalue weighted by molar-refractivity contribution is 6.07. The van der Waals surface area contributed by atoms with Crippen LogP contribution >= 0.6 is 0 Å². The summed E-state index contributed by atoms with van der Waals surface area (Å²) in [6, 6.07) is 8.43. The van der Waals surface area contributed by atoms with Gasteiger partial charge in [-0.3, -0.25) is 14.9 Å². The van der Waals surface area contributed by atoms with Crippen molar-refractivity contribution in [2.24, 2.45) is 0 Å². The first kappa shape index (κ1) is 20.9. The summed E-state index contributed by atoms with van der Waals surface area (Å²) >= 11 is 0. The van der Waals surface area contributed by atoms with Gasteiger partial charge in [0.15, 0.2) is 0 Å². The Morgan fingerprint density at radius 1 is 1.34 bits per heavy atom. The van der Waals surface area contributed by atoms with Crippen molar-refractivity contribution in [1.29, 1.82) is 0 Å². The molecule has 8 heteroatoms. The van der Waals surface area contributed by atoms with Crippen molar-refractivity contribution in [2.75, 3.05) is 24.7 Å². The molecule has 1 aliphatic rings. The number of amides is 1. The lowest BCUT2D eigenvalue weighted by Crippen LogP contribution is -2.32. The molecule has 0 fully saturated rings. The Balaban J connectivity index is 2.01. The largest absolute Gasteiger partial charge is 0.394 e. The van der Waals surface area contributed by atoms with Crippen LogP contribution in [0.1, 0.15) is 47.4 Å². The lowest BCUT2D eigenvalue weighted by molar-refractivity contribution is -0.384. The van der Waals surface area contributed by atoms with Crippen molar-refractivity contribution >= 4 is 17.3 Å². The van der Waals surface area contributed by atoms with Gasteiger partial charge in [0.05, 0.1) is 24.2 Å². The zero-order chi connectivity index (χ0) is 21.0. The van der Waals surface area contributed by atoms with Crippen LogP contribution in [0, 0.1) is 15.9 Å². The van der Waals surface area contributed by atoms with Crippen LogP contribution in [-0.2, 0) is 11.2 Å². The molecule has 29 heavy (non-hydrogen) atoms. The van der Waals surface area contributed by atoms with Crippen molar-refractivity contribution in [2.45, 2.75) is 32.3 Å². The lowest BCUT2D eigenvalue weighted by atomic mass is 10.0. The van der Waals surface area contributed by atoms with Crippen molar-refractivity contribution in [3.05, 3.63) is 69.0 Å². The van der Waals surface area contributed by atoms with E-state index in [-0.39, 0.29) is 24.8 Å². The van der Waals surface area contributed by atoms with Crippen LogP contribution in [0.4, 0.5) is 15.8 Å². The van der Waals surface area contributed by atoms with Crippen molar-refractivity contribution in [3.63, 3.8) is 0 Å². The third-order valence-corrected chi connectivity index (χ3v) is 5.04. The number of rotatable bonds is 6. The maximum atomic E-state index is 13.9. The standard InChI is InChI=1S/C21H23FN2O5/c1-2-14-12-16(24(27)28)6-7-17(14)21(26)23-9-3-4-20(29-11-10-25)18-13-15(22)5-8-19(18)23/h5-8,12-13,20,25H,2-4,9-11H2,1H3. The average Bonchev–Trinajstić information content (AvgIpc) is 2.90. The Bertz CT molecular complexity index is 918. The molecule has 2 aromatic rings.